The second-order valence-electron chi connectivity index (χ2n) is 6.65. The normalized spacial score (nSPS) is 17.1. The Bertz CT molecular complexity index is 718. The third-order valence-electron chi connectivity index (χ3n) is 4.83. The highest BCUT2D eigenvalue weighted by atomic mass is 15.4. The van der Waals surface area contributed by atoms with Crippen molar-refractivity contribution in [3.05, 3.63) is 34.8 Å². The maximum absolute atomic E-state index is 4.55. The number of rotatable bonds is 3. The molecule has 6 nitrogen and oxygen atoms in total. The molecule has 0 radical (unpaired) electrons. The first-order chi connectivity index (χ1) is 11.1. The lowest BCUT2D eigenvalue weighted by Crippen LogP contribution is -2.59. The van der Waals surface area contributed by atoms with Crippen LogP contribution in [0.1, 0.15) is 29.1 Å². The van der Waals surface area contributed by atoms with Crippen LogP contribution in [-0.4, -0.2) is 46.3 Å². The summed E-state index contributed by atoms with van der Waals surface area (Å²) in [6.07, 6.45) is 3.44. The molecule has 2 aromatic rings. The van der Waals surface area contributed by atoms with E-state index in [-0.39, 0.29) is 0 Å². The maximum Gasteiger partial charge on any atom is 0.225 e. The van der Waals surface area contributed by atoms with E-state index in [0.717, 1.165) is 49.1 Å². The van der Waals surface area contributed by atoms with Crippen LogP contribution >= 0.6 is 0 Å². The van der Waals surface area contributed by atoms with Gasteiger partial charge in [0.25, 0.3) is 0 Å². The largest absolute Gasteiger partial charge is 0.351 e. The number of aromatic nitrogens is 4. The summed E-state index contributed by atoms with van der Waals surface area (Å²) in [6, 6.07) is 4.65. The van der Waals surface area contributed by atoms with E-state index in [1.807, 2.05) is 19.9 Å². The van der Waals surface area contributed by atoms with E-state index in [0.29, 0.717) is 6.04 Å². The monoisotopic (exact) mass is 310 g/mol. The number of hydrogen-bond donors (Lipinski definition) is 0. The van der Waals surface area contributed by atoms with Crippen LogP contribution in [0, 0.1) is 13.8 Å². The fraction of sp³-hybridized carbons (Fsp3) is 0.529. The van der Waals surface area contributed by atoms with Crippen molar-refractivity contribution in [2.75, 3.05) is 29.9 Å². The van der Waals surface area contributed by atoms with Crippen LogP contribution in [0.3, 0.4) is 0 Å². The molecular formula is C17H22N6. The van der Waals surface area contributed by atoms with Crippen molar-refractivity contribution in [3.63, 3.8) is 0 Å². The number of fused-ring (bicyclic) bond motifs is 1. The first kappa shape index (κ1) is 14.4. The quantitative estimate of drug-likeness (QED) is 0.860. The van der Waals surface area contributed by atoms with Crippen molar-refractivity contribution in [1.29, 1.82) is 0 Å². The molecule has 0 bridgehead atoms. The molecule has 6 heteroatoms. The second-order valence-corrected chi connectivity index (χ2v) is 6.65. The molecular weight excluding hydrogens is 288 g/mol. The fourth-order valence-corrected chi connectivity index (χ4v) is 3.39. The Kier molecular flexibility index (Phi) is 3.39. The molecule has 1 aliphatic heterocycles. The Labute approximate surface area is 136 Å². The minimum Gasteiger partial charge on any atom is -0.351 e. The summed E-state index contributed by atoms with van der Waals surface area (Å²) in [5.74, 6) is 1.82. The van der Waals surface area contributed by atoms with E-state index >= 15 is 0 Å². The summed E-state index contributed by atoms with van der Waals surface area (Å²) in [5.41, 5.74) is 4.59. The molecule has 1 saturated heterocycles. The second kappa shape index (κ2) is 5.44. The summed E-state index contributed by atoms with van der Waals surface area (Å²) in [4.78, 5) is 13.6. The number of hydrogen-bond acceptors (Lipinski definition) is 6. The van der Waals surface area contributed by atoms with Crippen molar-refractivity contribution < 1.29 is 0 Å². The smallest absolute Gasteiger partial charge is 0.225 e. The van der Waals surface area contributed by atoms with Gasteiger partial charge < -0.3 is 9.80 Å². The number of aryl methyl sites for hydroxylation is 4. The lowest BCUT2D eigenvalue weighted by molar-refractivity contribution is 0.484. The lowest BCUT2D eigenvalue weighted by atomic mass is 10.1. The van der Waals surface area contributed by atoms with Crippen LogP contribution in [0.4, 0.5) is 11.8 Å². The summed E-state index contributed by atoms with van der Waals surface area (Å²) in [6.45, 7) is 5.92. The molecule has 0 unspecified atom stereocenters. The van der Waals surface area contributed by atoms with Crippen LogP contribution in [0.5, 0.6) is 0 Å². The topological polar surface area (TPSA) is 58.0 Å². The molecule has 0 aromatic carbocycles. The first-order valence-electron chi connectivity index (χ1n) is 8.26. The van der Waals surface area contributed by atoms with Crippen molar-refractivity contribution >= 4 is 11.8 Å². The molecule has 0 N–H and O–H groups in total. The predicted molar refractivity (Wildman–Crippen MR) is 90.0 cm³/mol. The standard InChI is InChI=1S/C17H22N6/c1-11-7-12(2)19-17(18-11)22(3)14-9-23(10-14)16-8-13-5-4-6-15(13)20-21-16/h7-8,14H,4-6,9-10H2,1-3H3. The van der Waals surface area contributed by atoms with Gasteiger partial charge in [-0.3, -0.25) is 0 Å². The highest BCUT2D eigenvalue weighted by molar-refractivity contribution is 5.48. The molecule has 0 amide bonds. The minimum absolute atomic E-state index is 0.422. The Morgan fingerprint density at radius 2 is 1.78 bits per heavy atom. The van der Waals surface area contributed by atoms with Crippen molar-refractivity contribution in [2.45, 2.75) is 39.2 Å². The van der Waals surface area contributed by atoms with E-state index in [1.165, 1.54) is 17.7 Å². The third kappa shape index (κ3) is 2.62. The van der Waals surface area contributed by atoms with E-state index in [4.69, 9.17) is 0 Å². The molecule has 120 valence electrons. The van der Waals surface area contributed by atoms with Gasteiger partial charge in [-0.05, 0) is 50.8 Å². The Hall–Kier alpha value is -2.24. The first-order valence-corrected chi connectivity index (χ1v) is 8.26. The van der Waals surface area contributed by atoms with Gasteiger partial charge in [0.1, 0.15) is 0 Å². The van der Waals surface area contributed by atoms with Gasteiger partial charge in [0.05, 0.1) is 11.7 Å². The van der Waals surface area contributed by atoms with Crippen molar-refractivity contribution in [2.24, 2.45) is 0 Å². The van der Waals surface area contributed by atoms with Crippen LogP contribution in [0.25, 0.3) is 0 Å². The molecule has 2 aliphatic rings. The predicted octanol–water partition coefficient (Wildman–Crippen LogP) is 1.70. The highest BCUT2D eigenvalue weighted by Crippen LogP contribution is 2.27. The molecule has 2 aromatic heterocycles. The van der Waals surface area contributed by atoms with Crippen molar-refractivity contribution in [1.82, 2.24) is 20.2 Å². The number of likely N-dealkylation sites (N-methyl/N-ethyl adjacent to an activating group) is 1. The SMILES string of the molecule is Cc1cc(C)nc(N(C)C2CN(c3cc4c(nn3)CCC4)C2)n1. The Morgan fingerprint density at radius 3 is 2.52 bits per heavy atom. The molecule has 4 rings (SSSR count). The highest BCUT2D eigenvalue weighted by Gasteiger charge is 2.33. The van der Waals surface area contributed by atoms with Gasteiger partial charge in [-0.2, -0.15) is 5.10 Å². The van der Waals surface area contributed by atoms with E-state index in [1.54, 1.807) is 0 Å². The van der Waals surface area contributed by atoms with E-state index < -0.39 is 0 Å². The van der Waals surface area contributed by atoms with Crippen LogP contribution in [0.15, 0.2) is 12.1 Å². The minimum atomic E-state index is 0.422. The fourth-order valence-electron chi connectivity index (χ4n) is 3.39. The molecule has 0 atom stereocenters. The Morgan fingerprint density at radius 1 is 1.04 bits per heavy atom. The maximum atomic E-state index is 4.55. The average Bonchev–Trinajstić information content (AvgIpc) is 2.92. The summed E-state index contributed by atoms with van der Waals surface area (Å²) >= 11 is 0. The van der Waals surface area contributed by atoms with Gasteiger partial charge in [0, 0.05) is 31.5 Å². The van der Waals surface area contributed by atoms with Crippen LogP contribution < -0.4 is 9.80 Å². The van der Waals surface area contributed by atoms with Gasteiger partial charge in [-0.15, -0.1) is 5.10 Å². The van der Waals surface area contributed by atoms with Gasteiger partial charge in [-0.1, -0.05) is 0 Å². The van der Waals surface area contributed by atoms with Gasteiger partial charge in [0.2, 0.25) is 5.95 Å². The average molecular weight is 310 g/mol. The summed E-state index contributed by atoms with van der Waals surface area (Å²) in [7, 11) is 2.07. The zero-order valence-corrected chi connectivity index (χ0v) is 14.0. The molecule has 1 aliphatic carbocycles. The zero-order chi connectivity index (χ0) is 16.0. The van der Waals surface area contributed by atoms with Crippen molar-refractivity contribution in [3.8, 4) is 0 Å². The summed E-state index contributed by atoms with van der Waals surface area (Å²) in [5, 5.41) is 8.78. The molecule has 23 heavy (non-hydrogen) atoms. The van der Waals surface area contributed by atoms with Crippen LogP contribution in [0.2, 0.25) is 0 Å². The number of anilines is 2. The van der Waals surface area contributed by atoms with Gasteiger partial charge in [-0.25, -0.2) is 9.97 Å². The van der Waals surface area contributed by atoms with Gasteiger partial charge in [0.15, 0.2) is 5.82 Å². The molecule has 0 saturated carbocycles. The zero-order valence-electron chi connectivity index (χ0n) is 14.0. The molecule has 1 fully saturated rings. The molecule has 0 spiro atoms. The van der Waals surface area contributed by atoms with E-state index in [9.17, 15) is 0 Å². The summed E-state index contributed by atoms with van der Waals surface area (Å²) < 4.78 is 0. The van der Waals surface area contributed by atoms with Gasteiger partial charge >= 0.3 is 0 Å². The Balaban J connectivity index is 1.44. The van der Waals surface area contributed by atoms with Crippen LogP contribution in [-0.2, 0) is 12.8 Å². The number of nitrogens with zero attached hydrogens (tertiary/aromatic N) is 6. The lowest BCUT2D eigenvalue weighted by Gasteiger charge is -2.44. The third-order valence-corrected chi connectivity index (χ3v) is 4.83. The molecule has 3 heterocycles. The van der Waals surface area contributed by atoms with E-state index in [2.05, 4.69) is 43.1 Å².